The van der Waals surface area contributed by atoms with Crippen LogP contribution in [0, 0.1) is 13.8 Å². The van der Waals surface area contributed by atoms with Crippen LogP contribution in [0.3, 0.4) is 0 Å². The zero-order valence-corrected chi connectivity index (χ0v) is 15.1. The molecule has 0 radical (unpaired) electrons. The van der Waals surface area contributed by atoms with Crippen molar-refractivity contribution in [3.8, 4) is 0 Å². The fourth-order valence-corrected chi connectivity index (χ4v) is 3.33. The van der Waals surface area contributed by atoms with Crippen molar-refractivity contribution in [2.45, 2.75) is 20.5 Å². The van der Waals surface area contributed by atoms with Crippen LogP contribution < -0.4 is 5.63 Å². The Bertz CT molecular complexity index is 1230. The number of carbonyl (C=O) groups is 1. The lowest BCUT2D eigenvalue weighted by Crippen LogP contribution is -2.10. The third kappa shape index (κ3) is 3.10. The Morgan fingerprint density at radius 1 is 1.00 bits per heavy atom. The molecule has 4 heteroatoms. The van der Waals surface area contributed by atoms with Gasteiger partial charge in [-0.3, -0.25) is 0 Å². The molecule has 27 heavy (non-hydrogen) atoms. The third-order valence-electron chi connectivity index (χ3n) is 4.90. The molecule has 0 saturated carbocycles. The van der Waals surface area contributed by atoms with E-state index < -0.39 is 11.6 Å². The Balaban J connectivity index is 1.75. The highest BCUT2D eigenvalue weighted by atomic mass is 16.5. The summed E-state index contributed by atoms with van der Waals surface area (Å²) in [7, 11) is 0. The van der Waals surface area contributed by atoms with Crippen LogP contribution in [0.15, 0.2) is 69.9 Å². The van der Waals surface area contributed by atoms with Gasteiger partial charge in [0.15, 0.2) is 0 Å². The minimum absolute atomic E-state index is 0.00230. The average molecular weight is 358 g/mol. The van der Waals surface area contributed by atoms with Gasteiger partial charge in [-0.25, -0.2) is 9.59 Å². The average Bonchev–Trinajstić information content (AvgIpc) is 2.67. The molecule has 134 valence electrons. The summed E-state index contributed by atoms with van der Waals surface area (Å²) in [5, 5.41) is 2.78. The van der Waals surface area contributed by atoms with Crippen molar-refractivity contribution in [1.82, 2.24) is 0 Å². The molecule has 4 aromatic rings. The van der Waals surface area contributed by atoms with E-state index in [0.29, 0.717) is 16.7 Å². The van der Waals surface area contributed by atoms with Crippen LogP contribution in [-0.4, -0.2) is 5.97 Å². The van der Waals surface area contributed by atoms with Crippen molar-refractivity contribution < 1.29 is 13.9 Å². The summed E-state index contributed by atoms with van der Waals surface area (Å²) >= 11 is 0. The standard InChI is InChI=1S/C23H18O4/c1-14-6-5-9-18(15(14)2)23(25)26-13-17-12-21(24)27-20-11-10-16-7-3-4-8-19(16)22(17)20/h3-12H,13H2,1-2H3. The molecule has 0 aliphatic carbocycles. The smallest absolute Gasteiger partial charge is 0.338 e. The minimum Gasteiger partial charge on any atom is -0.457 e. The number of benzene rings is 3. The van der Waals surface area contributed by atoms with E-state index in [1.165, 1.54) is 6.07 Å². The molecule has 0 unspecified atom stereocenters. The zero-order chi connectivity index (χ0) is 19.0. The summed E-state index contributed by atoms with van der Waals surface area (Å²) in [4.78, 5) is 24.5. The monoisotopic (exact) mass is 358 g/mol. The summed E-state index contributed by atoms with van der Waals surface area (Å²) in [6.07, 6.45) is 0. The van der Waals surface area contributed by atoms with Gasteiger partial charge in [-0.15, -0.1) is 0 Å². The number of fused-ring (bicyclic) bond motifs is 3. The Morgan fingerprint density at radius 3 is 2.67 bits per heavy atom. The molecule has 0 aliphatic rings. The molecule has 0 fully saturated rings. The van der Waals surface area contributed by atoms with Crippen LogP contribution in [0.5, 0.6) is 0 Å². The van der Waals surface area contributed by atoms with E-state index in [9.17, 15) is 9.59 Å². The molecule has 4 rings (SSSR count). The van der Waals surface area contributed by atoms with Crippen LogP contribution in [0.25, 0.3) is 21.7 Å². The van der Waals surface area contributed by atoms with Crippen LogP contribution in [-0.2, 0) is 11.3 Å². The summed E-state index contributed by atoms with van der Waals surface area (Å²) in [5.41, 5.74) is 3.12. The molecule has 0 atom stereocenters. The van der Waals surface area contributed by atoms with E-state index in [0.717, 1.165) is 27.3 Å². The zero-order valence-electron chi connectivity index (χ0n) is 15.1. The number of hydrogen-bond acceptors (Lipinski definition) is 4. The van der Waals surface area contributed by atoms with Gasteiger partial charge in [-0.1, -0.05) is 42.5 Å². The number of carbonyl (C=O) groups excluding carboxylic acids is 1. The van der Waals surface area contributed by atoms with Gasteiger partial charge in [-0.2, -0.15) is 0 Å². The van der Waals surface area contributed by atoms with E-state index in [4.69, 9.17) is 9.15 Å². The molecule has 3 aromatic carbocycles. The highest BCUT2D eigenvalue weighted by molar-refractivity contribution is 6.07. The molecule has 0 saturated heterocycles. The van der Waals surface area contributed by atoms with E-state index in [1.807, 2.05) is 56.3 Å². The predicted molar refractivity (Wildman–Crippen MR) is 105 cm³/mol. The van der Waals surface area contributed by atoms with E-state index in [2.05, 4.69) is 0 Å². The SMILES string of the molecule is Cc1cccc(C(=O)OCc2cc(=O)oc3ccc4ccccc4c23)c1C. The first-order chi connectivity index (χ1) is 13.0. The second-order valence-corrected chi connectivity index (χ2v) is 6.57. The van der Waals surface area contributed by atoms with Crippen LogP contribution >= 0.6 is 0 Å². The van der Waals surface area contributed by atoms with Gasteiger partial charge in [0, 0.05) is 17.0 Å². The van der Waals surface area contributed by atoms with Crippen molar-refractivity contribution in [1.29, 1.82) is 0 Å². The van der Waals surface area contributed by atoms with Gasteiger partial charge in [0.1, 0.15) is 12.2 Å². The summed E-state index contributed by atoms with van der Waals surface area (Å²) in [6, 6.07) is 18.4. The summed E-state index contributed by atoms with van der Waals surface area (Å²) < 4.78 is 10.9. The molecular formula is C23H18O4. The van der Waals surface area contributed by atoms with E-state index >= 15 is 0 Å². The quantitative estimate of drug-likeness (QED) is 0.296. The second-order valence-electron chi connectivity index (χ2n) is 6.57. The van der Waals surface area contributed by atoms with Gasteiger partial charge >= 0.3 is 11.6 Å². The Labute approximate surface area is 156 Å². The lowest BCUT2D eigenvalue weighted by molar-refractivity contribution is 0.0473. The number of aryl methyl sites for hydroxylation is 1. The molecule has 0 bridgehead atoms. The van der Waals surface area contributed by atoms with E-state index in [1.54, 1.807) is 12.1 Å². The minimum atomic E-state index is -0.462. The molecular weight excluding hydrogens is 340 g/mol. The highest BCUT2D eigenvalue weighted by Crippen LogP contribution is 2.28. The van der Waals surface area contributed by atoms with Gasteiger partial charge in [0.2, 0.25) is 0 Å². The Morgan fingerprint density at radius 2 is 1.81 bits per heavy atom. The maximum atomic E-state index is 12.6. The maximum Gasteiger partial charge on any atom is 0.338 e. The fourth-order valence-electron chi connectivity index (χ4n) is 3.33. The molecule has 0 spiro atoms. The number of hydrogen-bond donors (Lipinski definition) is 0. The normalized spacial score (nSPS) is 11.0. The summed E-state index contributed by atoms with van der Waals surface area (Å²) in [6.45, 7) is 3.85. The van der Waals surface area contributed by atoms with Crippen LogP contribution in [0.1, 0.15) is 27.0 Å². The Kier molecular flexibility index (Phi) is 4.24. The Hall–Kier alpha value is -3.40. The first-order valence-electron chi connectivity index (χ1n) is 8.72. The van der Waals surface area contributed by atoms with Gasteiger partial charge < -0.3 is 9.15 Å². The second kappa shape index (κ2) is 6.72. The largest absolute Gasteiger partial charge is 0.457 e. The summed E-state index contributed by atoms with van der Waals surface area (Å²) in [5.74, 6) is -0.405. The number of rotatable bonds is 3. The molecule has 4 nitrogen and oxygen atoms in total. The first-order valence-corrected chi connectivity index (χ1v) is 8.72. The van der Waals surface area contributed by atoms with Crippen molar-refractivity contribution in [3.63, 3.8) is 0 Å². The van der Waals surface area contributed by atoms with Gasteiger partial charge in [-0.05, 0) is 47.9 Å². The fraction of sp³-hybridized carbons (Fsp3) is 0.130. The molecule has 0 amide bonds. The van der Waals surface area contributed by atoms with Crippen molar-refractivity contribution in [2.24, 2.45) is 0 Å². The topological polar surface area (TPSA) is 56.5 Å². The molecule has 1 aromatic heterocycles. The third-order valence-corrected chi connectivity index (χ3v) is 4.90. The molecule has 0 aliphatic heterocycles. The van der Waals surface area contributed by atoms with Gasteiger partial charge in [0.25, 0.3) is 0 Å². The van der Waals surface area contributed by atoms with E-state index in [-0.39, 0.29) is 6.61 Å². The lowest BCUT2D eigenvalue weighted by atomic mass is 10.0. The van der Waals surface area contributed by atoms with Crippen LogP contribution in [0.2, 0.25) is 0 Å². The molecule has 1 heterocycles. The predicted octanol–water partition coefficient (Wildman–Crippen LogP) is 4.92. The van der Waals surface area contributed by atoms with Crippen molar-refractivity contribution in [2.75, 3.05) is 0 Å². The van der Waals surface area contributed by atoms with Gasteiger partial charge in [0.05, 0.1) is 5.56 Å². The number of ether oxygens (including phenoxy) is 1. The molecule has 0 N–H and O–H groups in total. The van der Waals surface area contributed by atoms with Crippen molar-refractivity contribution >= 4 is 27.7 Å². The van der Waals surface area contributed by atoms with Crippen molar-refractivity contribution in [3.05, 3.63) is 93.3 Å². The van der Waals surface area contributed by atoms with Crippen LogP contribution in [0.4, 0.5) is 0 Å². The first kappa shape index (κ1) is 17.0. The highest BCUT2D eigenvalue weighted by Gasteiger charge is 2.15. The maximum absolute atomic E-state index is 12.6. The lowest BCUT2D eigenvalue weighted by Gasteiger charge is -2.11. The number of esters is 1.